The second kappa shape index (κ2) is 7.21. The number of guanidine groups is 1. The topological polar surface area (TPSA) is 101 Å². The first-order valence-corrected chi connectivity index (χ1v) is 9.05. The molecule has 3 heterocycles. The molecule has 0 aliphatic carbocycles. The number of urea groups is 1. The highest BCUT2D eigenvalue weighted by atomic mass is 16.2. The zero-order valence-corrected chi connectivity index (χ0v) is 15.0. The van der Waals surface area contributed by atoms with Gasteiger partial charge in [-0.25, -0.2) is 4.79 Å². The van der Waals surface area contributed by atoms with E-state index < -0.39 is 0 Å². The lowest BCUT2D eigenvalue weighted by atomic mass is 10.1. The summed E-state index contributed by atoms with van der Waals surface area (Å²) in [5.41, 5.74) is 7.50. The first kappa shape index (κ1) is 17.2. The minimum Gasteiger partial charge on any atom is -0.341 e. The van der Waals surface area contributed by atoms with E-state index in [9.17, 15) is 10.1 Å². The number of aliphatic imine (C=N–C) groups is 2. The van der Waals surface area contributed by atoms with Gasteiger partial charge in [-0.15, -0.1) is 0 Å². The van der Waals surface area contributed by atoms with Gasteiger partial charge in [-0.05, 0) is 24.5 Å². The molecular weight excluding hydrogens is 342 g/mol. The maximum Gasteiger partial charge on any atom is 0.333 e. The molecule has 0 bridgehead atoms. The van der Waals surface area contributed by atoms with Crippen molar-refractivity contribution in [2.75, 3.05) is 19.6 Å². The monoisotopic (exact) mass is 363 g/mol. The predicted octanol–water partition coefficient (Wildman–Crippen LogP) is 1.46. The number of nitrogens with two attached hydrogens (primary N) is 1. The number of piperidine rings is 1. The number of carbonyl (C=O) groups is 1. The smallest absolute Gasteiger partial charge is 0.333 e. The summed E-state index contributed by atoms with van der Waals surface area (Å²) >= 11 is 0. The van der Waals surface area contributed by atoms with Crippen molar-refractivity contribution in [2.24, 2.45) is 15.7 Å². The van der Waals surface area contributed by atoms with Gasteiger partial charge in [-0.2, -0.15) is 10.3 Å². The molecule has 1 atom stereocenters. The molecule has 1 unspecified atom stereocenters. The number of rotatable bonds is 2. The zero-order chi connectivity index (χ0) is 18.8. The van der Waals surface area contributed by atoms with Crippen molar-refractivity contribution in [3.63, 3.8) is 0 Å². The molecule has 1 aromatic rings. The Balaban J connectivity index is 1.72. The lowest BCUT2D eigenvalue weighted by Crippen LogP contribution is -2.58. The molecule has 4 rings (SSSR count). The van der Waals surface area contributed by atoms with Gasteiger partial charge in [0.15, 0.2) is 5.82 Å². The summed E-state index contributed by atoms with van der Waals surface area (Å²) in [6.45, 7) is 2.12. The third-order valence-corrected chi connectivity index (χ3v) is 4.96. The van der Waals surface area contributed by atoms with E-state index in [4.69, 9.17) is 10.7 Å². The van der Waals surface area contributed by atoms with Crippen molar-refractivity contribution in [3.8, 4) is 6.07 Å². The maximum absolute atomic E-state index is 13.2. The van der Waals surface area contributed by atoms with E-state index in [1.807, 2.05) is 18.2 Å². The van der Waals surface area contributed by atoms with E-state index in [0.717, 1.165) is 24.9 Å². The zero-order valence-electron chi connectivity index (χ0n) is 15.0. The second-order valence-electron chi connectivity index (χ2n) is 6.83. The van der Waals surface area contributed by atoms with Crippen LogP contribution in [0.3, 0.4) is 0 Å². The van der Waals surface area contributed by atoms with Gasteiger partial charge < -0.3 is 10.6 Å². The van der Waals surface area contributed by atoms with E-state index in [-0.39, 0.29) is 18.6 Å². The average Bonchev–Trinajstić information content (AvgIpc) is 2.70. The van der Waals surface area contributed by atoms with Crippen LogP contribution in [0.25, 0.3) is 0 Å². The highest BCUT2D eigenvalue weighted by Gasteiger charge is 2.37. The van der Waals surface area contributed by atoms with Crippen molar-refractivity contribution < 1.29 is 4.79 Å². The molecule has 0 radical (unpaired) electrons. The number of benzene rings is 1. The largest absolute Gasteiger partial charge is 0.341 e. The Kier molecular flexibility index (Phi) is 4.60. The molecule has 1 saturated heterocycles. The molecule has 0 spiro atoms. The molecule has 3 aliphatic heterocycles. The highest BCUT2D eigenvalue weighted by Crippen LogP contribution is 2.25. The van der Waals surface area contributed by atoms with E-state index in [1.165, 1.54) is 0 Å². The SMILES string of the molecule is N#Cc1ccccc1CN1C(=O)N2CC=NC=C2N=C1N1CCCC(N)C1. The lowest BCUT2D eigenvalue weighted by molar-refractivity contribution is 0.174. The number of carbonyl (C=O) groups excluding carboxylic acids is 1. The highest BCUT2D eigenvalue weighted by molar-refractivity contribution is 6.00. The number of nitriles is 1. The van der Waals surface area contributed by atoms with E-state index >= 15 is 0 Å². The first-order valence-electron chi connectivity index (χ1n) is 9.05. The summed E-state index contributed by atoms with van der Waals surface area (Å²) < 4.78 is 0. The van der Waals surface area contributed by atoms with Crippen molar-refractivity contribution in [3.05, 3.63) is 47.4 Å². The Morgan fingerprint density at radius 2 is 2.19 bits per heavy atom. The van der Waals surface area contributed by atoms with Gasteiger partial charge in [-0.3, -0.25) is 14.8 Å². The van der Waals surface area contributed by atoms with Crippen LogP contribution < -0.4 is 5.73 Å². The quantitative estimate of drug-likeness (QED) is 0.859. The average molecular weight is 363 g/mol. The van der Waals surface area contributed by atoms with Gasteiger partial charge in [0.2, 0.25) is 5.96 Å². The molecule has 2 N–H and O–H groups in total. The molecule has 1 fully saturated rings. The van der Waals surface area contributed by atoms with Crippen molar-refractivity contribution in [1.29, 1.82) is 5.26 Å². The first-order chi connectivity index (χ1) is 13.2. The number of hydrogen-bond donors (Lipinski definition) is 1. The van der Waals surface area contributed by atoms with E-state index in [1.54, 1.807) is 28.3 Å². The Labute approximate surface area is 157 Å². The lowest BCUT2D eigenvalue weighted by Gasteiger charge is -2.42. The van der Waals surface area contributed by atoms with Crippen LogP contribution in [-0.4, -0.2) is 58.6 Å². The molecule has 0 saturated carbocycles. The van der Waals surface area contributed by atoms with Crippen LogP contribution in [-0.2, 0) is 6.54 Å². The standard InChI is InChI=1S/C19H21N7O/c20-10-14-4-1-2-5-15(14)12-26-18(24-8-3-6-16(21)13-24)23-17-11-22-7-9-25(17)19(26)27/h1-2,4-5,7,11,16H,3,6,8-9,12-13,21H2. The van der Waals surface area contributed by atoms with E-state index in [0.29, 0.717) is 30.4 Å². The third-order valence-electron chi connectivity index (χ3n) is 4.96. The molecule has 0 aromatic heterocycles. The van der Waals surface area contributed by atoms with E-state index in [2.05, 4.69) is 16.0 Å². The summed E-state index contributed by atoms with van der Waals surface area (Å²) in [4.78, 5) is 27.4. The van der Waals surface area contributed by atoms with Crippen LogP contribution in [0.2, 0.25) is 0 Å². The van der Waals surface area contributed by atoms with Crippen LogP contribution in [0.4, 0.5) is 4.79 Å². The summed E-state index contributed by atoms with van der Waals surface area (Å²) in [7, 11) is 0. The van der Waals surface area contributed by atoms with Crippen LogP contribution in [0.1, 0.15) is 24.0 Å². The molecule has 1 aromatic carbocycles. The van der Waals surface area contributed by atoms with Crippen molar-refractivity contribution in [2.45, 2.75) is 25.4 Å². The Morgan fingerprint density at radius 3 is 3.00 bits per heavy atom. The minimum atomic E-state index is -0.163. The van der Waals surface area contributed by atoms with Crippen LogP contribution in [0.15, 0.2) is 46.3 Å². The molecule has 138 valence electrons. The fourth-order valence-corrected chi connectivity index (χ4v) is 3.58. The van der Waals surface area contributed by atoms with Gasteiger partial charge in [0, 0.05) is 25.3 Å². The van der Waals surface area contributed by atoms with Gasteiger partial charge >= 0.3 is 6.03 Å². The van der Waals surface area contributed by atoms with Gasteiger partial charge in [-0.1, -0.05) is 18.2 Å². The number of likely N-dealkylation sites (tertiary alicyclic amines) is 1. The Bertz CT molecular complexity index is 882. The maximum atomic E-state index is 13.2. The number of fused-ring (bicyclic) bond motifs is 1. The molecule has 27 heavy (non-hydrogen) atoms. The van der Waals surface area contributed by atoms with Gasteiger partial charge in [0.1, 0.15) is 0 Å². The predicted molar refractivity (Wildman–Crippen MR) is 102 cm³/mol. The van der Waals surface area contributed by atoms with Gasteiger partial charge in [0.25, 0.3) is 0 Å². The van der Waals surface area contributed by atoms with Crippen molar-refractivity contribution in [1.82, 2.24) is 14.7 Å². The summed E-state index contributed by atoms with van der Waals surface area (Å²) in [5, 5.41) is 9.40. The molecule has 3 aliphatic rings. The number of hydrogen-bond acceptors (Lipinski definition) is 6. The molecule has 8 nitrogen and oxygen atoms in total. The Hall–Kier alpha value is -3.18. The molecular formula is C19H21N7O. The summed E-state index contributed by atoms with van der Waals surface area (Å²) in [6, 6.07) is 9.42. The Morgan fingerprint density at radius 1 is 1.33 bits per heavy atom. The number of nitrogens with zero attached hydrogens (tertiary/aromatic N) is 6. The number of amides is 2. The third kappa shape index (κ3) is 3.29. The molecule has 8 heteroatoms. The second-order valence-corrected chi connectivity index (χ2v) is 6.83. The summed E-state index contributed by atoms with van der Waals surface area (Å²) in [5.74, 6) is 1.13. The summed E-state index contributed by atoms with van der Waals surface area (Å²) in [6.07, 6.45) is 5.21. The fourth-order valence-electron chi connectivity index (χ4n) is 3.58. The molecule has 2 amide bonds. The van der Waals surface area contributed by atoms with Crippen LogP contribution >= 0.6 is 0 Å². The normalized spacial score (nSPS) is 22.1. The minimum absolute atomic E-state index is 0.0567. The van der Waals surface area contributed by atoms with Gasteiger partial charge in [0.05, 0.1) is 30.9 Å². The fraction of sp³-hybridized carbons (Fsp3) is 0.368. The van der Waals surface area contributed by atoms with Crippen LogP contribution in [0, 0.1) is 11.3 Å². The van der Waals surface area contributed by atoms with Crippen LogP contribution in [0.5, 0.6) is 0 Å². The van der Waals surface area contributed by atoms with Crippen molar-refractivity contribution >= 4 is 18.2 Å².